The van der Waals surface area contributed by atoms with E-state index >= 15 is 0 Å². The lowest BCUT2D eigenvalue weighted by Gasteiger charge is -2.34. The monoisotopic (exact) mass is 366 g/mol. The molecule has 1 aliphatic rings. The van der Waals surface area contributed by atoms with Crippen molar-refractivity contribution in [3.8, 4) is 6.07 Å². The highest BCUT2D eigenvalue weighted by Crippen LogP contribution is 2.25. The smallest absolute Gasteiger partial charge is 0.266 e. The molecule has 1 fully saturated rings. The van der Waals surface area contributed by atoms with Gasteiger partial charge in [0.15, 0.2) is 0 Å². The van der Waals surface area contributed by atoms with E-state index in [-0.39, 0.29) is 17.5 Å². The van der Waals surface area contributed by atoms with E-state index in [2.05, 4.69) is 17.3 Å². The van der Waals surface area contributed by atoms with Crippen LogP contribution in [0.3, 0.4) is 0 Å². The third-order valence-electron chi connectivity index (χ3n) is 4.21. The van der Waals surface area contributed by atoms with Crippen LogP contribution in [0, 0.1) is 11.3 Å². The van der Waals surface area contributed by atoms with Crippen LogP contribution in [0.25, 0.3) is 0 Å². The van der Waals surface area contributed by atoms with Gasteiger partial charge in [0.1, 0.15) is 11.6 Å². The van der Waals surface area contributed by atoms with Crippen molar-refractivity contribution in [3.05, 3.63) is 40.0 Å². The zero-order valence-corrected chi connectivity index (χ0v) is 15.2. The molecule has 24 heavy (non-hydrogen) atoms. The van der Waals surface area contributed by atoms with E-state index < -0.39 is 0 Å². The molecule has 1 saturated heterocycles. The van der Waals surface area contributed by atoms with E-state index in [1.54, 1.807) is 30.1 Å². The Kier molecular flexibility index (Phi) is 6.50. The van der Waals surface area contributed by atoms with Crippen LogP contribution in [-0.4, -0.2) is 48.9 Å². The van der Waals surface area contributed by atoms with E-state index in [4.69, 9.17) is 23.2 Å². The molecular formula is C17H20Cl2N4O. The van der Waals surface area contributed by atoms with E-state index in [0.717, 1.165) is 25.9 Å². The van der Waals surface area contributed by atoms with Gasteiger partial charge in [0.05, 0.1) is 10.0 Å². The average molecular weight is 367 g/mol. The number of benzene rings is 1. The Labute approximate surface area is 152 Å². The van der Waals surface area contributed by atoms with Crippen LogP contribution in [0.5, 0.6) is 0 Å². The molecule has 1 amide bonds. The van der Waals surface area contributed by atoms with E-state index in [1.165, 1.54) is 6.20 Å². The summed E-state index contributed by atoms with van der Waals surface area (Å²) in [5, 5.41) is 13.1. The summed E-state index contributed by atoms with van der Waals surface area (Å²) in [6, 6.07) is 7.15. The van der Waals surface area contributed by atoms with Crippen LogP contribution in [-0.2, 0) is 4.79 Å². The van der Waals surface area contributed by atoms with Gasteiger partial charge in [0.25, 0.3) is 5.91 Å². The van der Waals surface area contributed by atoms with Crippen LogP contribution in [0.2, 0.25) is 10.0 Å². The van der Waals surface area contributed by atoms with Gasteiger partial charge in [0, 0.05) is 25.0 Å². The number of carbonyl (C=O) groups excluding carboxylic acids is 1. The number of hydrogen-bond donors (Lipinski definition) is 1. The Morgan fingerprint density at radius 2 is 2.04 bits per heavy atom. The zero-order valence-electron chi connectivity index (χ0n) is 13.7. The van der Waals surface area contributed by atoms with Crippen molar-refractivity contribution in [2.24, 2.45) is 0 Å². The van der Waals surface area contributed by atoms with Crippen LogP contribution >= 0.6 is 23.2 Å². The number of piperidine rings is 1. The molecular weight excluding hydrogens is 347 g/mol. The van der Waals surface area contributed by atoms with Gasteiger partial charge in [-0.3, -0.25) is 4.79 Å². The summed E-state index contributed by atoms with van der Waals surface area (Å²) in [5.74, 6) is -0.278. The molecule has 128 valence electrons. The number of amides is 1. The van der Waals surface area contributed by atoms with Crippen LogP contribution < -0.4 is 5.32 Å². The first-order valence-electron chi connectivity index (χ1n) is 7.70. The van der Waals surface area contributed by atoms with Crippen molar-refractivity contribution in [1.82, 2.24) is 9.80 Å². The molecule has 1 aromatic carbocycles. The van der Waals surface area contributed by atoms with Crippen LogP contribution in [0.1, 0.15) is 12.8 Å². The lowest BCUT2D eigenvalue weighted by Crippen LogP contribution is -2.44. The van der Waals surface area contributed by atoms with Gasteiger partial charge in [0.2, 0.25) is 0 Å². The maximum atomic E-state index is 12.5. The van der Waals surface area contributed by atoms with Crippen molar-refractivity contribution in [2.75, 3.05) is 32.5 Å². The van der Waals surface area contributed by atoms with Crippen molar-refractivity contribution >= 4 is 34.8 Å². The molecule has 1 aromatic rings. The minimum absolute atomic E-state index is 0.0579. The van der Waals surface area contributed by atoms with E-state index in [0.29, 0.717) is 15.7 Å². The lowest BCUT2D eigenvalue weighted by atomic mass is 10.0. The second-order valence-electron chi connectivity index (χ2n) is 5.89. The molecule has 0 atom stereocenters. The molecule has 0 spiro atoms. The van der Waals surface area contributed by atoms with Gasteiger partial charge in [-0.05, 0) is 51.2 Å². The molecule has 0 aromatic heterocycles. The molecule has 0 bridgehead atoms. The minimum Gasteiger partial charge on any atom is -0.360 e. The summed E-state index contributed by atoms with van der Waals surface area (Å²) >= 11 is 11.8. The molecule has 1 N–H and O–H groups in total. The number of rotatable bonds is 4. The maximum absolute atomic E-state index is 12.5. The standard InChI is InChI=1S/C17H20Cl2N4O/c1-22-7-5-14(6-8-22)23(2)17(24)12(10-20)11-21-13-3-4-15(18)16(19)9-13/h3-4,9,11,14,21H,5-8H2,1-2H3/b12-11-. The summed E-state index contributed by atoms with van der Waals surface area (Å²) in [5.41, 5.74) is 0.717. The third-order valence-corrected chi connectivity index (χ3v) is 4.95. The molecule has 2 rings (SSSR count). The number of halogens is 2. The first kappa shape index (κ1) is 18.6. The molecule has 7 heteroatoms. The first-order chi connectivity index (χ1) is 11.4. The Morgan fingerprint density at radius 1 is 1.38 bits per heavy atom. The van der Waals surface area contributed by atoms with Gasteiger partial charge in [-0.25, -0.2) is 0 Å². The van der Waals surface area contributed by atoms with Crippen molar-refractivity contribution < 1.29 is 4.79 Å². The maximum Gasteiger partial charge on any atom is 0.266 e. The topological polar surface area (TPSA) is 59.4 Å². The summed E-state index contributed by atoms with van der Waals surface area (Å²) in [7, 11) is 3.82. The molecule has 5 nitrogen and oxygen atoms in total. The highest BCUT2D eigenvalue weighted by Gasteiger charge is 2.25. The molecule has 1 heterocycles. The molecule has 0 radical (unpaired) electrons. The van der Waals surface area contributed by atoms with Crippen molar-refractivity contribution in [2.45, 2.75) is 18.9 Å². The minimum atomic E-state index is -0.278. The lowest BCUT2D eigenvalue weighted by molar-refractivity contribution is -0.128. The summed E-state index contributed by atoms with van der Waals surface area (Å²) in [4.78, 5) is 16.4. The second kappa shape index (κ2) is 8.39. The normalized spacial score (nSPS) is 16.5. The van der Waals surface area contributed by atoms with Crippen molar-refractivity contribution in [1.29, 1.82) is 5.26 Å². The predicted molar refractivity (Wildman–Crippen MR) is 97.1 cm³/mol. The SMILES string of the molecule is CN1CCC(N(C)C(=O)/C(C#N)=C\Nc2ccc(Cl)c(Cl)c2)CC1. The fourth-order valence-corrected chi connectivity index (χ4v) is 2.92. The van der Waals surface area contributed by atoms with Crippen LogP contribution in [0.4, 0.5) is 5.69 Å². The van der Waals surface area contributed by atoms with Gasteiger partial charge >= 0.3 is 0 Å². The number of nitriles is 1. The fraction of sp³-hybridized carbons (Fsp3) is 0.412. The van der Waals surface area contributed by atoms with Gasteiger partial charge in [-0.1, -0.05) is 23.2 Å². The number of nitrogens with zero attached hydrogens (tertiary/aromatic N) is 3. The summed E-state index contributed by atoms with van der Waals surface area (Å²) in [6.45, 7) is 1.91. The highest BCUT2D eigenvalue weighted by molar-refractivity contribution is 6.42. The average Bonchev–Trinajstić information content (AvgIpc) is 2.58. The molecule has 0 aliphatic carbocycles. The largest absolute Gasteiger partial charge is 0.360 e. The molecule has 1 aliphatic heterocycles. The summed E-state index contributed by atoms with van der Waals surface area (Å²) in [6.07, 6.45) is 3.24. The van der Waals surface area contributed by atoms with Gasteiger partial charge < -0.3 is 15.1 Å². The number of nitrogens with one attached hydrogen (secondary N) is 1. The second-order valence-corrected chi connectivity index (χ2v) is 6.71. The molecule has 0 saturated carbocycles. The Morgan fingerprint density at radius 3 is 2.62 bits per heavy atom. The zero-order chi connectivity index (χ0) is 17.7. The first-order valence-corrected chi connectivity index (χ1v) is 8.45. The number of carbonyl (C=O) groups is 1. The Balaban J connectivity index is 2.04. The van der Waals surface area contributed by atoms with Gasteiger partial charge in [-0.2, -0.15) is 5.26 Å². The summed E-state index contributed by atoms with van der Waals surface area (Å²) < 4.78 is 0. The van der Waals surface area contributed by atoms with Crippen molar-refractivity contribution in [3.63, 3.8) is 0 Å². The Bertz CT molecular complexity index is 676. The highest BCUT2D eigenvalue weighted by atomic mass is 35.5. The quantitative estimate of drug-likeness (QED) is 0.655. The predicted octanol–water partition coefficient (Wildman–Crippen LogP) is 3.37. The van der Waals surface area contributed by atoms with E-state index in [1.807, 2.05) is 6.07 Å². The number of likely N-dealkylation sites (tertiary alicyclic amines) is 1. The van der Waals surface area contributed by atoms with Gasteiger partial charge in [-0.15, -0.1) is 0 Å². The Hall–Kier alpha value is -1.74. The fourth-order valence-electron chi connectivity index (χ4n) is 2.62. The van der Waals surface area contributed by atoms with Crippen LogP contribution in [0.15, 0.2) is 30.0 Å². The molecule has 0 unspecified atom stereocenters. The number of anilines is 1. The third kappa shape index (κ3) is 4.64. The number of hydrogen-bond acceptors (Lipinski definition) is 4. The number of likely N-dealkylation sites (N-methyl/N-ethyl adjacent to an activating group) is 1. The van der Waals surface area contributed by atoms with E-state index in [9.17, 15) is 10.1 Å².